The van der Waals surface area contributed by atoms with E-state index in [0.29, 0.717) is 12.2 Å². The molecule has 0 aliphatic carbocycles. The van der Waals surface area contributed by atoms with Crippen molar-refractivity contribution in [1.29, 1.82) is 0 Å². The molecule has 0 aromatic heterocycles. The Morgan fingerprint density at radius 2 is 1.67 bits per heavy atom. The highest BCUT2D eigenvalue weighted by molar-refractivity contribution is 7.92. The molecule has 3 aromatic carbocycles. The van der Waals surface area contributed by atoms with Crippen LogP contribution in [0.1, 0.15) is 21.5 Å². The SMILES string of the molecule is COc1ccc(C(=O)N(C)Cc2ccccc2)cc1S(=O)(=O)Nc1ccc(C)cc1. The minimum Gasteiger partial charge on any atom is -0.495 e. The number of aryl methyl sites for hydroxylation is 1. The summed E-state index contributed by atoms with van der Waals surface area (Å²) >= 11 is 0. The van der Waals surface area contributed by atoms with Gasteiger partial charge in [-0.1, -0.05) is 48.0 Å². The average Bonchev–Trinajstić information content (AvgIpc) is 2.75. The van der Waals surface area contributed by atoms with Crippen molar-refractivity contribution in [2.75, 3.05) is 18.9 Å². The van der Waals surface area contributed by atoms with Crippen LogP contribution in [0.15, 0.2) is 77.7 Å². The van der Waals surface area contributed by atoms with Crippen molar-refractivity contribution in [1.82, 2.24) is 4.90 Å². The first-order valence-corrected chi connectivity index (χ1v) is 10.9. The minimum atomic E-state index is -3.96. The number of methoxy groups -OCH3 is 1. The van der Waals surface area contributed by atoms with Gasteiger partial charge in [-0.25, -0.2) is 8.42 Å². The maximum Gasteiger partial charge on any atom is 0.265 e. The van der Waals surface area contributed by atoms with Gasteiger partial charge in [-0.2, -0.15) is 0 Å². The first-order valence-electron chi connectivity index (χ1n) is 9.37. The van der Waals surface area contributed by atoms with Crippen LogP contribution in [-0.4, -0.2) is 33.4 Å². The number of rotatable bonds is 7. The lowest BCUT2D eigenvalue weighted by Crippen LogP contribution is -2.26. The molecule has 3 rings (SSSR count). The number of carbonyl (C=O) groups excluding carboxylic acids is 1. The van der Waals surface area contributed by atoms with E-state index in [1.165, 1.54) is 19.2 Å². The molecule has 0 atom stereocenters. The van der Waals surface area contributed by atoms with Gasteiger partial charge in [0.1, 0.15) is 10.6 Å². The number of nitrogens with one attached hydrogen (secondary N) is 1. The number of anilines is 1. The van der Waals surface area contributed by atoms with Crippen LogP contribution in [0.5, 0.6) is 5.75 Å². The van der Waals surface area contributed by atoms with Gasteiger partial charge in [-0.05, 0) is 42.8 Å². The number of amides is 1. The number of sulfonamides is 1. The Hall–Kier alpha value is -3.32. The zero-order valence-corrected chi connectivity index (χ0v) is 17.9. The number of nitrogens with zero attached hydrogens (tertiary/aromatic N) is 1. The molecule has 3 aromatic rings. The van der Waals surface area contributed by atoms with E-state index in [4.69, 9.17) is 4.74 Å². The van der Waals surface area contributed by atoms with Crippen LogP contribution in [0.25, 0.3) is 0 Å². The molecule has 6 nitrogen and oxygen atoms in total. The van der Waals surface area contributed by atoms with Gasteiger partial charge >= 0.3 is 0 Å². The van der Waals surface area contributed by atoms with Crippen LogP contribution < -0.4 is 9.46 Å². The van der Waals surface area contributed by atoms with Crippen molar-refractivity contribution in [3.05, 3.63) is 89.5 Å². The molecule has 156 valence electrons. The first-order chi connectivity index (χ1) is 14.3. The lowest BCUT2D eigenvalue weighted by molar-refractivity contribution is 0.0785. The number of ether oxygens (including phenoxy) is 1. The van der Waals surface area contributed by atoms with E-state index in [1.807, 2.05) is 49.4 Å². The molecule has 0 bridgehead atoms. The lowest BCUT2D eigenvalue weighted by Gasteiger charge is -2.19. The highest BCUT2D eigenvalue weighted by atomic mass is 32.2. The second kappa shape index (κ2) is 9.00. The molecule has 7 heteroatoms. The summed E-state index contributed by atoms with van der Waals surface area (Å²) in [7, 11) is -0.884. The predicted octanol–water partition coefficient (Wildman–Crippen LogP) is 4.08. The van der Waals surface area contributed by atoms with Crippen molar-refractivity contribution >= 4 is 21.6 Å². The van der Waals surface area contributed by atoms with Crippen LogP contribution in [0, 0.1) is 6.92 Å². The molecule has 0 spiro atoms. The van der Waals surface area contributed by atoms with E-state index in [2.05, 4.69) is 4.72 Å². The third kappa shape index (κ3) is 4.99. The van der Waals surface area contributed by atoms with Crippen molar-refractivity contribution < 1.29 is 17.9 Å². The predicted molar refractivity (Wildman–Crippen MR) is 117 cm³/mol. The van der Waals surface area contributed by atoms with E-state index >= 15 is 0 Å². The molecule has 1 N–H and O–H groups in total. The fourth-order valence-corrected chi connectivity index (χ4v) is 4.26. The highest BCUT2D eigenvalue weighted by Crippen LogP contribution is 2.27. The molecule has 1 amide bonds. The Morgan fingerprint density at radius 1 is 1.00 bits per heavy atom. The molecular formula is C23H24N2O4S. The molecular weight excluding hydrogens is 400 g/mol. The first kappa shape index (κ1) is 21.4. The monoisotopic (exact) mass is 424 g/mol. The summed E-state index contributed by atoms with van der Waals surface area (Å²) in [6, 6.07) is 21.0. The number of hydrogen-bond acceptors (Lipinski definition) is 4. The Kier molecular flexibility index (Phi) is 6.42. The molecule has 0 aliphatic heterocycles. The summed E-state index contributed by atoms with van der Waals surface area (Å²) in [6.45, 7) is 2.33. The van der Waals surface area contributed by atoms with Gasteiger partial charge in [-0.3, -0.25) is 9.52 Å². The lowest BCUT2D eigenvalue weighted by atomic mass is 10.1. The fraction of sp³-hybridized carbons (Fsp3) is 0.174. The molecule has 0 heterocycles. The van der Waals surface area contributed by atoms with Crippen molar-refractivity contribution in [2.24, 2.45) is 0 Å². The quantitative estimate of drug-likeness (QED) is 0.620. The maximum absolute atomic E-state index is 13.0. The average molecular weight is 425 g/mol. The van der Waals surface area contributed by atoms with Crippen LogP contribution in [0.4, 0.5) is 5.69 Å². The van der Waals surface area contributed by atoms with Gasteiger partial charge in [0.15, 0.2) is 0 Å². The van der Waals surface area contributed by atoms with Gasteiger partial charge in [-0.15, -0.1) is 0 Å². The van der Waals surface area contributed by atoms with Crippen molar-refractivity contribution in [3.8, 4) is 5.75 Å². The Bertz CT molecular complexity index is 1130. The third-order valence-corrected chi connectivity index (χ3v) is 6.02. The number of benzene rings is 3. The van der Waals surface area contributed by atoms with Crippen LogP contribution >= 0.6 is 0 Å². The van der Waals surface area contributed by atoms with E-state index in [-0.39, 0.29) is 22.1 Å². The molecule has 0 unspecified atom stereocenters. The summed E-state index contributed by atoms with van der Waals surface area (Å²) in [4.78, 5) is 14.3. The molecule has 30 heavy (non-hydrogen) atoms. The third-order valence-electron chi connectivity index (χ3n) is 4.61. The summed E-state index contributed by atoms with van der Waals surface area (Å²) in [6.07, 6.45) is 0. The number of hydrogen-bond donors (Lipinski definition) is 1. The summed E-state index contributed by atoms with van der Waals surface area (Å²) < 4.78 is 33.7. The highest BCUT2D eigenvalue weighted by Gasteiger charge is 2.23. The van der Waals surface area contributed by atoms with Gasteiger partial charge in [0.2, 0.25) is 0 Å². The largest absolute Gasteiger partial charge is 0.495 e. The van der Waals surface area contributed by atoms with E-state index in [9.17, 15) is 13.2 Å². The Balaban J connectivity index is 1.88. The van der Waals surface area contributed by atoms with Gasteiger partial charge < -0.3 is 9.64 Å². The second-order valence-electron chi connectivity index (χ2n) is 6.98. The van der Waals surface area contributed by atoms with Crippen LogP contribution in [0.2, 0.25) is 0 Å². The maximum atomic E-state index is 13.0. The summed E-state index contributed by atoms with van der Waals surface area (Å²) in [5.41, 5.74) is 2.69. The normalized spacial score (nSPS) is 11.0. The van der Waals surface area contributed by atoms with Gasteiger partial charge in [0.05, 0.1) is 7.11 Å². The van der Waals surface area contributed by atoms with Crippen molar-refractivity contribution in [3.63, 3.8) is 0 Å². The smallest absolute Gasteiger partial charge is 0.265 e. The van der Waals surface area contributed by atoms with Gasteiger partial charge in [0, 0.05) is 24.8 Å². The zero-order valence-electron chi connectivity index (χ0n) is 17.1. The van der Waals surface area contributed by atoms with Crippen LogP contribution in [-0.2, 0) is 16.6 Å². The Labute approximate surface area is 177 Å². The van der Waals surface area contributed by atoms with E-state index in [1.54, 1.807) is 30.1 Å². The molecule has 0 saturated carbocycles. The van der Waals surface area contributed by atoms with Crippen LogP contribution in [0.3, 0.4) is 0 Å². The van der Waals surface area contributed by atoms with Gasteiger partial charge in [0.25, 0.3) is 15.9 Å². The Morgan fingerprint density at radius 3 is 2.30 bits per heavy atom. The summed E-state index contributed by atoms with van der Waals surface area (Å²) in [5, 5.41) is 0. The molecule has 0 saturated heterocycles. The zero-order chi connectivity index (χ0) is 21.7. The minimum absolute atomic E-state index is 0.0930. The molecule has 0 radical (unpaired) electrons. The van der Waals surface area contributed by atoms with E-state index in [0.717, 1.165) is 11.1 Å². The number of carbonyl (C=O) groups is 1. The van der Waals surface area contributed by atoms with E-state index < -0.39 is 10.0 Å². The molecule has 0 aliphatic rings. The summed E-state index contributed by atoms with van der Waals surface area (Å²) in [5.74, 6) is -0.120. The second-order valence-corrected chi connectivity index (χ2v) is 8.63. The molecule has 0 fully saturated rings. The standard InChI is InChI=1S/C23H24N2O4S/c1-17-9-12-20(13-10-17)24-30(27,28)22-15-19(11-14-21(22)29-3)23(26)25(2)16-18-7-5-4-6-8-18/h4-15,24H,16H2,1-3H3. The topological polar surface area (TPSA) is 75.7 Å². The van der Waals surface area contributed by atoms with Crippen molar-refractivity contribution in [2.45, 2.75) is 18.4 Å². The fourth-order valence-electron chi connectivity index (χ4n) is 3.00.